The quantitative estimate of drug-likeness (QED) is 0.709. The fraction of sp³-hybridized carbons (Fsp3) is 0.667. The van der Waals surface area contributed by atoms with Gasteiger partial charge >= 0.3 is 6.03 Å². The lowest BCUT2D eigenvalue weighted by Crippen LogP contribution is -2.42. The second kappa shape index (κ2) is 7.06. The van der Waals surface area contributed by atoms with E-state index in [1.807, 2.05) is 13.8 Å². The third-order valence-corrected chi connectivity index (χ3v) is 1.46. The fourth-order valence-electron chi connectivity index (χ4n) is 0.864. The molecule has 2 N–H and O–H groups in total. The first kappa shape index (κ1) is 12.6. The van der Waals surface area contributed by atoms with E-state index in [-0.39, 0.29) is 24.7 Å². The molecule has 0 atom stereocenters. The third kappa shape index (κ3) is 6.16. The number of amides is 4. The molecule has 0 spiro atoms. The fourth-order valence-corrected chi connectivity index (χ4v) is 0.864. The van der Waals surface area contributed by atoms with E-state index in [0.29, 0.717) is 12.8 Å². The number of nitrogens with one attached hydrogen (secondary N) is 2. The topological polar surface area (TPSA) is 75.3 Å². The summed E-state index contributed by atoms with van der Waals surface area (Å²) < 4.78 is 0. The minimum Gasteiger partial charge on any atom is -0.278 e. The van der Waals surface area contributed by atoms with Crippen molar-refractivity contribution >= 4 is 17.8 Å². The number of hydrogen-bond donors (Lipinski definition) is 2. The molecule has 0 rings (SSSR count). The highest BCUT2D eigenvalue weighted by Gasteiger charge is 2.09. The van der Waals surface area contributed by atoms with Crippen molar-refractivity contribution in [3.8, 4) is 0 Å². The van der Waals surface area contributed by atoms with E-state index in [1.54, 1.807) is 0 Å². The van der Waals surface area contributed by atoms with Crippen molar-refractivity contribution in [3.05, 3.63) is 0 Å². The molecule has 0 aromatic carbocycles. The second-order valence-electron chi connectivity index (χ2n) is 2.93. The van der Waals surface area contributed by atoms with E-state index in [1.165, 1.54) is 0 Å². The van der Waals surface area contributed by atoms with Crippen molar-refractivity contribution in [3.63, 3.8) is 0 Å². The lowest BCUT2D eigenvalue weighted by atomic mass is 10.3. The molecule has 0 bridgehead atoms. The molecular weight excluding hydrogens is 184 g/mol. The zero-order valence-electron chi connectivity index (χ0n) is 8.55. The average Bonchev–Trinajstić information content (AvgIpc) is 2.03. The molecule has 0 aromatic heterocycles. The summed E-state index contributed by atoms with van der Waals surface area (Å²) in [6.45, 7) is 3.67. The molecule has 4 amide bonds. The van der Waals surface area contributed by atoms with Gasteiger partial charge in [-0.15, -0.1) is 0 Å². The van der Waals surface area contributed by atoms with Gasteiger partial charge in [0.1, 0.15) is 0 Å². The standard InChI is InChI=1S/C9H16N2O3/c1-3-5-7(12)10-9(14)11-8(13)6-4-2/h3-6H2,1-2H3,(H2,10,11,12,13,14). The van der Waals surface area contributed by atoms with Gasteiger partial charge < -0.3 is 0 Å². The first-order valence-corrected chi connectivity index (χ1v) is 4.73. The predicted molar refractivity (Wildman–Crippen MR) is 51.5 cm³/mol. The average molecular weight is 200 g/mol. The minimum atomic E-state index is -0.734. The molecular formula is C9H16N2O3. The van der Waals surface area contributed by atoms with E-state index in [9.17, 15) is 14.4 Å². The van der Waals surface area contributed by atoms with Crippen molar-refractivity contribution in [2.45, 2.75) is 39.5 Å². The molecule has 14 heavy (non-hydrogen) atoms. The van der Waals surface area contributed by atoms with Gasteiger partial charge in [0, 0.05) is 12.8 Å². The molecule has 0 radical (unpaired) electrons. The Morgan fingerprint density at radius 1 is 0.857 bits per heavy atom. The Hall–Kier alpha value is -1.39. The van der Waals surface area contributed by atoms with Gasteiger partial charge in [-0.05, 0) is 12.8 Å². The lowest BCUT2D eigenvalue weighted by Gasteiger charge is -2.03. The zero-order valence-corrected chi connectivity index (χ0v) is 8.55. The van der Waals surface area contributed by atoms with Gasteiger partial charge in [-0.3, -0.25) is 20.2 Å². The molecule has 0 saturated heterocycles. The Bertz CT molecular complexity index is 204. The molecule has 0 unspecified atom stereocenters. The molecule has 0 aromatic rings. The van der Waals surface area contributed by atoms with Gasteiger partial charge in [0.15, 0.2) is 0 Å². The predicted octanol–water partition coefficient (Wildman–Crippen LogP) is 0.939. The van der Waals surface area contributed by atoms with Crippen LogP contribution >= 0.6 is 0 Å². The summed E-state index contributed by atoms with van der Waals surface area (Å²) in [6.07, 6.45) is 1.91. The van der Waals surface area contributed by atoms with E-state index >= 15 is 0 Å². The van der Waals surface area contributed by atoms with Gasteiger partial charge in [-0.25, -0.2) is 4.79 Å². The normalized spacial score (nSPS) is 9.29. The molecule has 0 aliphatic rings. The van der Waals surface area contributed by atoms with Crippen LogP contribution in [0.1, 0.15) is 39.5 Å². The van der Waals surface area contributed by atoms with Gasteiger partial charge in [0.05, 0.1) is 0 Å². The Morgan fingerprint density at radius 3 is 1.50 bits per heavy atom. The largest absolute Gasteiger partial charge is 0.328 e. The maximum absolute atomic E-state index is 10.9. The third-order valence-electron chi connectivity index (χ3n) is 1.46. The Balaban J connectivity index is 3.75. The van der Waals surface area contributed by atoms with Crippen molar-refractivity contribution < 1.29 is 14.4 Å². The molecule has 5 heteroatoms. The molecule has 0 aliphatic carbocycles. The first-order valence-electron chi connectivity index (χ1n) is 4.73. The number of urea groups is 1. The SMILES string of the molecule is CCCC(=O)NC(=O)NC(=O)CCC. The Kier molecular flexibility index (Phi) is 6.36. The maximum atomic E-state index is 10.9. The van der Waals surface area contributed by atoms with Crippen LogP contribution in [-0.2, 0) is 9.59 Å². The van der Waals surface area contributed by atoms with Crippen molar-refractivity contribution in [2.75, 3.05) is 0 Å². The number of carbonyl (C=O) groups is 3. The minimum absolute atomic E-state index is 0.287. The number of carbonyl (C=O) groups excluding carboxylic acids is 3. The van der Waals surface area contributed by atoms with Crippen LogP contribution in [0.5, 0.6) is 0 Å². The van der Waals surface area contributed by atoms with Crippen LogP contribution in [0.2, 0.25) is 0 Å². The summed E-state index contributed by atoms with van der Waals surface area (Å²) in [4.78, 5) is 32.8. The van der Waals surface area contributed by atoms with Gasteiger partial charge in [-0.1, -0.05) is 13.8 Å². The summed E-state index contributed by atoms with van der Waals surface area (Å²) in [7, 11) is 0. The van der Waals surface area contributed by atoms with Crippen molar-refractivity contribution in [1.29, 1.82) is 0 Å². The lowest BCUT2D eigenvalue weighted by molar-refractivity contribution is -0.120. The van der Waals surface area contributed by atoms with Gasteiger partial charge in [-0.2, -0.15) is 0 Å². The number of hydrogen-bond acceptors (Lipinski definition) is 3. The summed E-state index contributed by atoms with van der Waals surface area (Å²) >= 11 is 0. The smallest absolute Gasteiger partial charge is 0.278 e. The van der Waals surface area contributed by atoms with E-state index in [2.05, 4.69) is 10.6 Å². The molecule has 0 aliphatic heterocycles. The van der Waals surface area contributed by atoms with Crippen LogP contribution in [0, 0.1) is 0 Å². The molecule has 5 nitrogen and oxygen atoms in total. The van der Waals surface area contributed by atoms with Crippen molar-refractivity contribution in [1.82, 2.24) is 10.6 Å². The van der Waals surface area contributed by atoms with Crippen LogP contribution in [0.15, 0.2) is 0 Å². The summed E-state index contributed by atoms with van der Waals surface area (Å²) in [5, 5.41) is 4.12. The van der Waals surface area contributed by atoms with Crippen LogP contribution in [0.4, 0.5) is 4.79 Å². The summed E-state index contributed by atoms with van der Waals surface area (Å²) in [6, 6.07) is -0.734. The summed E-state index contributed by atoms with van der Waals surface area (Å²) in [5.74, 6) is -0.733. The maximum Gasteiger partial charge on any atom is 0.328 e. The second-order valence-corrected chi connectivity index (χ2v) is 2.93. The van der Waals surface area contributed by atoms with Crippen molar-refractivity contribution in [2.24, 2.45) is 0 Å². The van der Waals surface area contributed by atoms with Crippen LogP contribution < -0.4 is 10.6 Å². The molecule has 0 saturated carbocycles. The molecule has 0 fully saturated rings. The highest BCUT2D eigenvalue weighted by atomic mass is 16.2. The highest BCUT2D eigenvalue weighted by molar-refractivity contribution is 6.01. The Morgan fingerprint density at radius 2 is 1.21 bits per heavy atom. The van der Waals surface area contributed by atoms with Crippen LogP contribution in [-0.4, -0.2) is 17.8 Å². The number of rotatable bonds is 4. The Labute approximate surface area is 83.2 Å². The summed E-state index contributed by atoms with van der Waals surface area (Å²) in [5.41, 5.74) is 0. The van der Waals surface area contributed by atoms with Gasteiger partial charge in [0.2, 0.25) is 11.8 Å². The molecule has 80 valence electrons. The highest BCUT2D eigenvalue weighted by Crippen LogP contribution is 1.87. The van der Waals surface area contributed by atoms with E-state index in [4.69, 9.17) is 0 Å². The van der Waals surface area contributed by atoms with E-state index < -0.39 is 6.03 Å². The first-order chi connectivity index (χ1) is 6.60. The zero-order chi connectivity index (χ0) is 11.0. The van der Waals surface area contributed by atoms with Gasteiger partial charge in [0.25, 0.3) is 0 Å². The monoisotopic (exact) mass is 200 g/mol. The van der Waals surface area contributed by atoms with Crippen LogP contribution in [0.3, 0.4) is 0 Å². The van der Waals surface area contributed by atoms with E-state index in [0.717, 1.165) is 0 Å². The van der Waals surface area contributed by atoms with Crippen LogP contribution in [0.25, 0.3) is 0 Å². The molecule has 0 heterocycles. The number of imide groups is 2.